The molecule has 0 saturated heterocycles. The molecule has 1 aliphatic heterocycles. The fourth-order valence-corrected chi connectivity index (χ4v) is 12.4. The highest BCUT2D eigenvalue weighted by molar-refractivity contribution is 7.99. The fraction of sp³-hybridized carbons (Fsp3) is 0.0164. The van der Waals surface area contributed by atoms with E-state index in [0.717, 1.165) is 22.7 Å². The molecule has 298 valence electrons. The van der Waals surface area contributed by atoms with Crippen LogP contribution in [0.3, 0.4) is 0 Å². The van der Waals surface area contributed by atoms with Gasteiger partial charge in [-0.15, -0.1) is 0 Å². The normalized spacial score (nSPS) is 14.9. The van der Waals surface area contributed by atoms with Gasteiger partial charge in [-0.1, -0.05) is 169 Å². The maximum Gasteiger partial charge on any atom is 0.0736 e. The molecule has 14 rings (SSSR count). The van der Waals surface area contributed by atoms with E-state index in [1.54, 1.807) is 0 Å². The Morgan fingerprint density at radius 2 is 0.922 bits per heavy atom. The van der Waals surface area contributed by atoms with E-state index in [9.17, 15) is 0 Å². The molecule has 2 heterocycles. The van der Waals surface area contributed by atoms with Gasteiger partial charge in [0.15, 0.2) is 0 Å². The van der Waals surface area contributed by atoms with E-state index in [0.29, 0.717) is 0 Å². The Balaban J connectivity index is 1.04. The summed E-state index contributed by atoms with van der Waals surface area (Å²) in [4.78, 5) is 5.06. The van der Waals surface area contributed by atoms with Gasteiger partial charge in [-0.05, 0) is 138 Å². The van der Waals surface area contributed by atoms with Crippen molar-refractivity contribution in [2.24, 2.45) is 0 Å². The summed E-state index contributed by atoms with van der Waals surface area (Å²) in [5.74, 6) is 0. The topological polar surface area (TPSA) is 8.17 Å². The van der Waals surface area contributed by atoms with Crippen LogP contribution in [0.25, 0.3) is 70.9 Å². The van der Waals surface area contributed by atoms with Crippen LogP contribution in [0.5, 0.6) is 0 Å². The molecule has 12 aromatic rings. The van der Waals surface area contributed by atoms with E-state index in [-0.39, 0.29) is 0 Å². The molecule has 2 aliphatic rings. The second-order valence-corrected chi connectivity index (χ2v) is 18.3. The summed E-state index contributed by atoms with van der Waals surface area (Å²) in [6.07, 6.45) is 0. The van der Waals surface area contributed by atoms with E-state index in [4.69, 9.17) is 0 Å². The molecule has 2 nitrogen and oxygen atoms in total. The zero-order valence-corrected chi connectivity index (χ0v) is 35.6. The molecule has 1 aliphatic carbocycles. The number of nitrogens with zero attached hydrogens (tertiary/aromatic N) is 2. The minimum absolute atomic E-state index is 0.552. The number of hydrogen-bond acceptors (Lipinski definition) is 2. The van der Waals surface area contributed by atoms with Crippen LogP contribution in [-0.4, -0.2) is 4.57 Å². The Morgan fingerprint density at radius 1 is 0.344 bits per heavy atom. The average molecular weight is 831 g/mol. The van der Waals surface area contributed by atoms with Crippen molar-refractivity contribution in [1.29, 1.82) is 0 Å². The number of anilines is 3. The second kappa shape index (κ2) is 13.6. The van der Waals surface area contributed by atoms with Gasteiger partial charge in [0.25, 0.3) is 0 Å². The average Bonchev–Trinajstić information content (AvgIpc) is 3.69. The Hall–Kier alpha value is -7.85. The molecule has 1 aromatic heterocycles. The van der Waals surface area contributed by atoms with E-state index in [1.165, 1.54) is 97.3 Å². The summed E-state index contributed by atoms with van der Waals surface area (Å²) < 4.78 is 2.43. The predicted octanol–water partition coefficient (Wildman–Crippen LogP) is 16.5. The van der Waals surface area contributed by atoms with Gasteiger partial charge in [0.1, 0.15) is 0 Å². The molecule has 1 spiro atoms. The number of hydrogen-bond donors (Lipinski definition) is 0. The Bertz CT molecular complexity index is 3910. The van der Waals surface area contributed by atoms with E-state index in [1.807, 2.05) is 11.8 Å². The summed E-state index contributed by atoms with van der Waals surface area (Å²) in [7, 11) is 0. The number of aromatic nitrogens is 1. The first-order valence-corrected chi connectivity index (χ1v) is 22.9. The van der Waals surface area contributed by atoms with Crippen molar-refractivity contribution in [3.63, 3.8) is 0 Å². The lowest BCUT2D eigenvalue weighted by Crippen LogP contribution is -2.36. The predicted molar refractivity (Wildman–Crippen MR) is 269 cm³/mol. The van der Waals surface area contributed by atoms with Crippen LogP contribution < -0.4 is 4.90 Å². The number of para-hydroxylation sites is 1. The molecular formula is C61H38N2S. The molecule has 3 heteroatoms. The van der Waals surface area contributed by atoms with Crippen LogP contribution >= 0.6 is 11.8 Å². The van der Waals surface area contributed by atoms with Crippen molar-refractivity contribution < 1.29 is 0 Å². The molecule has 11 aromatic carbocycles. The third-order valence-electron chi connectivity index (χ3n) is 14.0. The summed E-state index contributed by atoms with van der Waals surface area (Å²) in [5.41, 5.74) is 14.2. The summed E-state index contributed by atoms with van der Waals surface area (Å²) >= 11 is 1.89. The molecule has 1 unspecified atom stereocenters. The lowest BCUT2D eigenvalue weighted by atomic mass is 9.59. The maximum atomic E-state index is 2.51. The lowest BCUT2D eigenvalue weighted by molar-refractivity contribution is 0.707. The number of benzene rings is 11. The van der Waals surface area contributed by atoms with Crippen LogP contribution in [0.1, 0.15) is 22.3 Å². The molecule has 0 fully saturated rings. The molecular weight excluding hydrogens is 793 g/mol. The maximum absolute atomic E-state index is 2.51. The molecule has 0 saturated carbocycles. The van der Waals surface area contributed by atoms with Crippen molar-refractivity contribution in [3.8, 4) is 16.8 Å². The Morgan fingerprint density at radius 3 is 1.80 bits per heavy atom. The SMILES string of the molecule is c1ccc2c(c1)Sc1ccc(N(c3ccc4ccccc4c3)c3ccc4c(c3)c3ccccc3n4-c3ccc4ccccc4c3)cc1C21c2ccccc2-c2cccc3cccc1c23. The van der Waals surface area contributed by atoms with E-state index < -0.39 is 5.41 Å². The highest BCUT2D eigenvalue weighted by Gasteiger charge is 2.48. The van der Waals surface area contributed by atoms with Crippen molar-refractivity contribution >= 4 is 82.9 Å². The third kappa shape index (κ3) is 4.99. The standard InChI is InChI=1S/C61H38N2S/c1-3-15-42-35-44(29-27-39(42)13-1)62(46-31-33-57-51(37-46)49-20-6-9-25-56(49)63(57)45-30-28-40-14-2-4-16-43(40)36-45)47-32-34-59-55(38-47)61(53-23-8-10-26-58(53)64-59)52-22-7-5-19-48(52)50-21-11-17-41-18-12-24-54(61)60(41)50/h1-38H. The minimum atomic E-state index is -0.552. The van der Waals surface area contributed by atoms with Crippen LogP contribution in [0.4, 0.5) is 17.1 Å². The number of fused-ring (bicyclic) bond motifs is 13. The first kappa shape index (κ1) is 35.7. The molecule has 0 N–H and O–H groups in total. The van der Waals surface area contributed by atoms with Crippen molar-refractivity contribution in [2.75, 3.05) is 4.90 Å². The molecule has 64 heavy (non-hydrogen) atoms. The van der Waals surface area contributed by atoms with Crippen LogP contribution in [0.2, 0.25) is 0 Å². The minimum Gasteiger partial charge on any atom is -0.310 e. The van der Waals surface area contributed by atoms with Crippen molar-refractivity contribution in [3.05, 3.63) is 253 Å². The highest BCUT2D eigenvalue weighted by Crippen LogP contribution is 2.62. The Labute approximate surface area is 375 Å². The zero-order valence-electron chi connectivity index (χ0n) is 34.7. The quantitative estimate of drug-likeness (QED) is 0.175. The van der Waals surface area contributed by atoms with Crippen molar-refractivity contribution in [1.82, 2.24) is 4.57 Å². The smallest absolute Gasteiger partial charge is 0.0736 e. The van der Waals surface area contributed by atoms with E-state index in [2.05, 4.69) is 240 Å². The second-order valence-electron chi connectivity index (χ2n) is 17.2. The van der Waals surface area contributed by atoms with Crippen LogP contribution in [0, 0.1) is 0 Å². The monoisotopic (exact) mass is 830 g/mol. The van der Waals surface area contributed by atoms with Gasteiger partial charge in [-0.25, -0.2) is 0 Å². The van der Waals surface area contributed by atoms with Gasteiger partial charge in [0.05, 0.1) is 16.4 Å². The fourth-order valence-electron chi connectivity index (χ4n) is 11.3. The number of rotatable bonds is 4. The van der Waals surface area contributed by atoms with Gasteiger partial charge in [-0.2, -0.15) is 0 Å². The summed E-state index contributed by atoms with van der Waals surface area (Å²) in [6, 6.07) is 86.2. The van der Waals surface area contributed by atoms with Gasteiger partial charge >= 0.3 is 0 Å². The van der Waals surface area contributed by atoms with Gasteiger partial charge in [-0.3, -0.25) is 0 Å². The molecule has 0 amide bonds. The Kier molecular flexibility index (Phi) is 7.57. The van der Waals surface area contributed by atoms with Crippen LogP contribution in [0.15, 0.2) is 240 Å². The molecule has 0 bridgehead atoms. The molecule has 1 atom stereocenters. The highest BCUT2D eigenvalue weighted by atomic mass is 32.2. The largest absolute Gasteiger partial charge is 0.310 e. The first-order valence-electron chi connectivity index (χ1n) is 22.1. The van der Waals surface area contributed by atoms with Crippen molar-refractivity contribution in [2.45, 2.75) is 15.2 Å². The van der Waals surface area contributed by atoms with Gasteiger partial charge in [0, 0.05) is 43.3 Å². The van der Waals surface area contributed by atoms with Gasteiger partial charge < -0.3 is 9.47 Å². The third-order valence-corrected chi connectivity index (χ3v) is 15.1. The van der Waals surface area contributed by atoms with Gasteiger partial charge in [0.2, 0.25) is 0 Å². The first-order chi connectivity index (χ1) is 31.7. The van der Waals surface area contributed by atoms with Crippen LogP contribution in [-0.2, 0) is 5.41 Å². The lowest BCUT2D eigenvalue weighted by Gasteiger charge is -2.46. The molecule has 0 radical (unpaired) electrons. The summed E-state index contributed by atoms with van der Waals surface area (Å²) in [5, 5.41) is 9.96. The van der Waals surface area contributed by atoms with E-state index >= 15 is 0 Å². The zero-order chi connectivity index (χ0) is 41.9. The summed E-state index contributed by atoms with van der Waals surface area (Å²) in [6.45, 7) is 0.